The lowest BCUT2D eigenvalue weighted by atomic mass is 10.1. The minimum absolute atomic E-state index is 0.0991. The number of hydrogen-bond acceptors (Lipinski definition) is 4. The number of benzene rings is 1. The van der Waals surface area contributed by atoms with Crippen molar-refractivity contribution in [3.63, 3.8) is 0 Å². The molecule has 0 aliphatic carbocycles. The number of hydrogen-bond donors (Lipinski definition) is 1. The Hall–Kier alpha value is -1.55. The molecule has 0 spiro atoms. The van der Waals surface area contributed by atoms with Crippen LogP contribution in [0.5, 0.6) is 5.75 Å². The number of carbonyl (C=O) groups is 1. The summed E-state index contributed by atoms with van der Waals surface area (Å²) < 4.78 is 0. The molecule has 0 amide bonds. The molecule has 0 radical (unpaired) electrons. The molecule has 0 aromatic heterocycles. The van der Waals surface area contributed by atoms with Crippen molar-refractivity contribution in [1.29, 1.82) is 0 Å². The van der Waals surface area contributed by atoms with Crippen molar-refractivity contribution in [3.05, 3.63) is 29.8 Å². The summed E-state index contributed by atoms with van der Waals surface area (Å²) >= 11 is 0. The zero-order valence-electron chi connectivity index (χ0n) is 11.6. The van der Waals surface area contributed by atoms with E-state index in [9.17, 15) is 4.79 Å². The number of phenolic OH excluding ortho intramolecular Hbond substituents is 1. The van der Waals surface area contributed by atoms with E-state index in [2.05, 4.69) is 6.92 Å². The van der Waals surface area contributed by atoms with Gasteiger partial charge in [-0.05, 0) is 37.6 Å². The zero-order valence-corrected chi connectivity index (χ0v) is 11.6. The monoisotopic (exact) mass is 266 g/mol. The van der Waals surface area contributed by atoms with Crippen LogP contribution in [0, 0.1) is 0 Å². The van der Waals surface area contributed by atoms with Crippen LogP contribution in [-0.4, -0.2) is 17.2 Å². The summed E-state index contributed by atoms with van der Waals surface area (Å²) in [6.07, 6.45) is 5.45. The molecule has 1 atom stereocenters. The van der Waals surface area contributed by atoms with E-state index in [1.807, 2.05) is 6.92 Å². The average Bonchev–Trinajstić information content (AvgIpc) is 2.42. The van der Waals surface area contributed by atoms with Crippen LogP contribution in [-0.2, 0) is 9.78 Å². The van der Waals surface area contributed by atoms with Crippen LogP contribution in [0.25, 0.3) is 0 Å². The van der Waals surface area contributed by atoms with Crippen molar-refractivity contribution in [2.24, 2.45) is 0 Å². The highest BCUT2D eigenvalue weighted by Gasteiger charge is 2.11. The first-order valence-electron chi connectivity index (χ1n) is 6.80. The molecule has 0 saturated heterocycles. The van der Waals surface area contributed by atoms with Crippen LogP contribution in [0.4, 0.5) is 0 Å². The van der Waals surface area contributed by atoms with Gasteiger partial charge in [0.05, 0.1) is 5.56 Å². The van der Waals surface area contributed by atoms with Gasteiger partial charge in [0, 0.05) is 0 Å². The van der Waals surface area contributed by atoms with E-state index in [0.29, 0.717) is 5.56 Å². The lowest BCUT2D eigenvalue weighted by molar-refractivity contribution is -0.271. The second kappa shape index (κ2) is 8.53. The summed E-state index contributed by atoms with van der Waals surface area (Å²) in [6, 6.07) is 5.86. The van der Waals surface area contributed by atoms with Gasteiger partial charge in [0.2, 0.25) is 0 Å². The van der Waals surface area contributed by atoms with Gasteiger partial charge in [0.15, 0.2) is 0 Å². The number of aromatic hydroxyl groups is 1. The van der Waals surface area contributed by atoms with E-state index in [0.717, 1.165) is 12.8 Å². The van der Waals surface area contributed by atoms with E-state index in [1.54, 1.807) is 0 Å². The van der Waals surface area contributed by atoms with Gasteiger partial charge in [-0.15, -0.1) is 0 Å². The van der Waals surface area contributed by atoms with E-state index in [1.165, 1.54) is 43.5 Å². The molecule has 1 aromatic rings. The molecular formula is C15H22O4. The average molecular weight is 266 g/mol. The maximum absolute atomic E-state index is 11.6. The van der Waals surface area contributed by atoms with Crippen LogP contribution in [0.1, 0.15) is 56.3 Å². The van der Waals surface area contributed by atoms with E-state index < -0.39 is 5.97 Å². The molecule has 1 rings (SSSR count). The minimum atomic E-state index is -0.541. The Morgan fingerprint density at radius 2 is 1.89 bits per heavy atom. The standard InChI is InChI=1S/C15H22O4/c1-3-4-5-6-7-12(2)18-19-15(17)13-8-10-14(16)11-9-13/h8-12,16H,3-7H2,1-2H3. The fourth-order valence-electron chi connectivity index (χ4n) is 1.68. The summed E-state index contributed by atoms with van der Waals surface area (Å²) in [4.78, 5) is 21.4. The molecule has 0 saturated carbocycles. The molecule has 0 aliphatic rings. The highest BCUT2D eigenvalue weighted by Crippen LogP contribution is 2.12. The minimum Gasteiger partial charge on any atom is -0.508 e. The quantitative estimate of drug-likeness (QED) is 0.441. The number of phenols is 1. The highest BCUT2D eigenvalue weighted by atomic mass is 17.2. The molecule has 4 heteroatoms. The first kappa shape index (κ1) is 15.5. The molecule has 1 unspecified atom stereocenters. The van der Waals surface area contributed by atoms with Crippen molar-refractivity contribution in [3.8, 4) is 5.75 Å². The maximum atomic E-state index is 11.6. The molecule has 4 nitrogen and oxygen atoms in total. The van der Waals surface area contributed by atoms with E-state index in [4.69, 9.17) is 14.9 Å². The van der Waals surface area contributed by atoms with Crippen molar-refractivity contribution >= 4 is 5.97 Å². The Labute approximate surface area is 114 Å². The summed E-state index contributed by atoms with van der Waals surface area (Å²) in [5, 5.41) is 9.11. The molecule has 0 heterocycles. The Morgan fingerprint density at radius 1 is 1.21 bits per heavy atom. The lowest BCUT2D eigenvalue weighted by Gasteiger charge is -2.11. The topological polar surface area (TPSA) is 55.8 Å². The van der Waals surface area contributed by atoms with Gasteiger partial charge in [0.1, 0.15) is 11.9 Å². The van der Waals surface area contributed by atoms with Crippen molar-refractivity contribution < 1.29 is 19.7 Å². The molecular weight excluding hydrogens is 244 g/mol. The molecule has 1 aromatic carbocycles. The Bertz CT molecular complexity index is 372. The molecule has 19 heavy (non-hydrogen) atoms. The largest absolute Gasteiger partial charge is 0.508 e. The number of unbranched alkanes of at least 4 members (excludes halogenated alkanes) is 3. The second-order valence-electron chi connectivity index (χ2n) is 4.67. The molecule has 0 bridgehead atoms. The van der Waals surface area contributed by atoms with Gasteiger partial charge < -0.3 is 5.11 Å². The van der Waals surface area contributed by atoms with Crippen molar-refractivity contribution in [2.45, 2.75) is 52.1 Å². The van der Waals surface area contributed by atoms with Gasteiger partial charge >= 0.3 is 5.97 Å². The van der Waals surface area contributed by atoms with Crippen LogP contribution in [0.2, 0.25) is 0 Å². The van der Waals surface area contributed by atoms with Crippen molar-refractivity contribution in [2.75, 3.05) is 0 Å². The predicted octanol–water partition coefficient (Wildman–Crippen LogP) is 3.84. The Balaban J connectivity index is 2.24. The van der Waals surface area contributed by atoms with Gasteiger partial charge in [-0.2, -0.15) is 4.89 Å². The Kier molecular flexibility index (Phi) is 6.97. The summed E-state index contributed by atoms with van der Waals surface area (Å²) in [7, 11) is 0. The van der Waals surface area contributed by atoms with Crippen LogP contribution >= 0.6 is 0 Å². The summed E-state index contributed by atoms with van der Waals surface area (Å²) in [5.41, 5.74) is 0.357. The van der Waals surface area contributed by atoms with Gasteiger partial charge in [-0.3, -0.25) is 4.89 Å². The first-order valence-corrected chi connectivity index (χ1v) is 6.80. The number of carbonyl (C=O) groups excluding carboxylic acids is 1. The number of rotatable bonds is 8. The first-order chi connectivity index (χ1) is 9.13. The molecule has 0 aliphatic heterocycles. The van der Waals surface area contributed by atoms with Crippen LogP contribution < -0.4 is 0 Å². The maximum Gasteiger partial charge on any atom is 0.373 e. The normalized spacial score (nSPS) is 12.1. The summed E-state index contributed by atoms with van der Waals surface area (Å²) in [6.45, 7) is 4.05. The fourth-order valence-corrected chi connectivity index (χ4v) is 1.68. The molecule has 106 valence electrons. The van der Waals surface area contributed by atoms with E-state index >= 15 is 0 Å². The Morgan fingerprint density at radius 3 is 2.53 bits per heavy atom. The second-order valence-corrected chi connectivity index (χ2v) is 4.67. The van der Waals surface area contributed by atoms with Crippen molar-refractivity contribution in [1.82, 2.24) is 0 Å². The SMILES string of the molecule is CCCCCCC(C)OOC(=O)c1ccc(O)cc1. The molecule has 0 fully saturated rings. The third-order valence-electron chi connectivity index (χ3n) is 2.86. The van der Waals surface area contributed by atoms with Crippen LogP contribution in [0.3, 0.4) is 0 Å². The third-order valence-corrected chi connectivity index (χ3v) is 2.86. The smallest absolute Gasteiger partial charge is 0.373 e. The van der Waals surface area contributed by atoms with Gasteiger partial charge in [-0.1, -0.05) is 32.6 Å². The third kappa shape index (κ3) is 6.25. The molecule has 1 N–H and O–H groups in total. The zero-order chi connectivity index (χ0) is 14.1. The van der Waals surface area contributed by atoms with Gasteiger partial charge in [0.25, 0.3) is 0 Å². The van der Waals surface area contributed by atoms with Crippen LogP contribution in [0.15, 0.2) is 24.3 Å². The van der Waals surface area contributed by atoms with Gasteiger partial charge in [-0.25, -0.2) is 4.79 Å². The highest BCUT2D eigenvalue weighted by molar-refractivity contribution is 5.89. The lowest BCUT2D eigenvalue weighted by Crippen LogP contribution is -2.13. The summed E-state index contributed by atoms with van der Waals surface area (Å²) in [5.74, 6) is -0.429. The van der Waals surface area contributed by atoms with E-state index in [-0.39, 0.29) is 11.9 Å². The predicted molar refractivity (Wildman–Crippen MR) is 72.8 cm³/mol. The fraction of sp³-hybridized carbons (Fsp3) is 0.533.